The van der Waals surface area contributed by atoms with E-state index < -0.39 is 15.7 Å². The van der Waals surface area contributed by atoms with Gasteiger partial charge in [-0.3, -0.25) is 4.79 Å². The molecule has 0 unspecified atom stereocenters. The van der Waals surface area contributed by atoms with Crippen molar-refractivity contribution in [3.8, 4) is 0 Å². The van der Waals surface area contributed by atoms with E-state index in [4.69, 9.17) is 23.2 Å². The van der Waals surface area contributed by atoms with Crippen LogP contribution in [0.25, 0.3) is 0 Å². The van der Waals surface area contributed by atoms with Gasteiger partial charge in [0.25, 0.3) is 5.91 Å². The third-order valence-corrected chi connectivity index (χ3v) is 4.28. The van der Waals surface area contributed by atoms with Crippen molar-refractivity contribution < 1.29 is 13.2 Å². The van der Waals surface area contributed by atoms with Gasteiger partial charge in [0.1, 0.15) is 5.82 Å². The summed E-state index contributed by atoms with van der Waals surface area (Å²) in [6.45, 7) is 1.64. The summed E-state index contributed by atoms with van der Waals surface area (Å²) in [5.74, 6) is -0.329. The number of rotatable bonds is 4. The second-order valence-corrected chi connectivity index (χ2v) is 7.90. The van der Waals surface area contributed by atoms with Gasteiger partial charge >= 0.3 is 0 Å². The topological polar surface area (TPSA) is 89.0 Å². The second kappa shape index (κ2) is 6.82. The lowest BCUT2D eigenvalue weighted by atomic mass is 10.2. The Bertz CT molecular complexity index is 870. The zero-order valence-electron chi connectivity index (χ0n) is 12.3. The zero-order valence-corrected chi connectivity index (χ0v) is 14.6. The minimum atomic E-state index is -3.25. The normalized spacial score (nSPS) is 11.3. The van der Waals surface area contributed by atoms with E-state index in [1.165, 1.54) is 18.3 Å². The molecule has 122 valence electrons. The Labute approximate surface area is 143 Å². The summed E-state index contributed by atoms with van der Waals surface area (Å²) < 4.78 is 22.8. The Morgan fingerprint density at radius 1 is 1.26 bits per heavy atom. The van der Waals surface area contributed by atoms with E-state index in [-0.39, 0.29) is 16.5 Å². The second-order valence-electron chi connectivity index (χ2n) is 4.94. The highest BCUT2D eigenvalue weighted by atomic mass is 35.5. The highest BCUT2D eigenvalue weighted by Gasteiger charge is 2.15. The molecule has 0 aliphatic heterocycles. The van der Waals surface area contributed by atoms with E-state index in [1.807, 2.05) is 0 Å². The van der Waals surface area contributed by atoms with Crippen LogP contribution in [0, 0.1) is 6.92 Å². The first kappa shape index (κ1) is 17.7. The number of aromatic nitrogens is 2. The largest absolute Gasteiger partial charge is 0.321 e. The number of amides is 1. The molecule has 0 bridgehead atoms. The number of nitrogens with zero attached hydrogens (tertiary/aromatic N) is 2. The van der Waals surface area contributed by atoms with E-state index in [0.29, 0.717) is 22.1 Å². The number of hydrogen-bond acceptors (Lipinski definition) is 5. The first-order valence-corrected chi connectivity index (χ1v) is 9.24. The minimum Gasteiger partial charge on any atom is -0.321 e. The number of carbonyl (C=O) groups excluding carboxylic acids is 1. The van der Waals surface area contributed by atoms with Gasteiger partial charge in [0.05, 0.1) is 17.0 Å². The molecule has 0 atom stereocenters. The van der Waals surface area contributed by atoms with Crippen molar-refractivity contribution in [3.05, 3.63) is 51.5 Å². The number of nitrogens with one attached hydrogen (secondary N) is 1. The Balaban J connectivity index is 2.28. The summed E-state index contributed by atoms with van der Waals surface area (Å²) in [7, 11) is -3.25. The van der Waals surface area contributed by atoms with Crippen LogP contribution in [-0.4, -0.2) is 30.5 Å². The Kier molecular flexibility index (Phi) is 5.23. The van der Waals surface area contributed by atoms with Crippen LogP contribution in [0.1, 0.15) is 21.9 Å². The van der Waals surface area contributed by atoms with Gasteiger partial charge in [-0.05, 0) is 30.7 Å². The first-order valence-electron chi connectivity index (χ1n) is 6.42. The van der Waals surface area contributed by atoms with Crippen molar-refractivity contribution in [3.63, 3.8) is 0 Å². The molecule has 0 saturated heterocycles. The van der Waals surface area contributed by atoms with Crippen molar-refractivity contribution in [2.45, 2.75) is 12.7 Å². The molecule has 23 heavy (non-hydrogen) atoms. The molecule has 0 radical (unpaired) electrons. The molecule has 1 aromatic heterocycles. The fraction of sp³-hybridized carbons (Fsp3) is 0.214. The molecule has 0 fully saturated rings. The van der Waals surface area contributed by atoms with Crippen LogP contribution < -0.4 is 5.32 Å². The van der Waals surface area contributed by atoms with Crippen LogP contribution in [0.15, 0.2) is 24.4 Å². The summed E-state index contributed by atoms with van der Waals surface area (Å²) in [6, 6.07) is 4.59. The van der Waals surface area contributed by atoms with Gasteiger partial charge in [-0.15, -0.1) is 0 Å². The van der Waals surface area contributed by atoms with Gasteiger partial charge in [0.15, 0.2) is 15.5 Å². The molecule has 9 heteroatoms. The number of benzene rings is 1. The zero-order chi connectivity index (χ0) is 17.2. The monoisotopic (exact) mass is 373 g/mol. The maximum Gasteiger partial charge on any atom is 0.275 e. The number of aryl methyl sites for hydroxylation is 1. The molecule has 2 rings (SSSR count). The molecular formula is C14H13Cl2N3O3S. The molecule has 0 aliphatic rings. The predicted octanol–water partition coefficient (Wildman–Crippen LogP) is 2.89. The minimum absolute atomic E-state index is 0.0405. The Hall–Kier alpha value is -1.70. The lowest BCUT2D eigenvalue weighted by molar-refractivity contribution is 0.102. The van der Waals surface area contributed by atoms with Crippen molar-refractivity contribution in [1.29, 1.82) is 0 Å². The van der Waals surface area contributed by atoms with Gasteiger partial charge < -0.3 is 5.32 Å². The lowest BCUT2D eigenvalue weighted by Gasteiger charge is -2.09. The lowest BCUT2D eigenvalue weighted by Crippen LogP contribution is -2.15. The number of hydrogen-bond donors (Lipinski definition) is 1. The average molecular weight is 374 g/mol. The molecule has 1 N–H and O–H groups in total. The van der Waals surface area contributed by atoms with Crippen LogP contribution >= 0.6 is 23.2 Å². The third-order valence-electron chi connectivity index (χ3n) is 2.80. The van der Waals surface area contributed by atoms with E-state index in [9.17, 15) is 13.2 Å². The van der Waals surface area contributed by atoms with E-state index >= 15 is 0 Å². The molecule has 0 aliphatic carbocycles. The summed E-state index contributed by atoms with van der Waals surface area (Å²) in [6.07, 6.45) is 2.45. The predicted molar refractivity (Wildman–Crippen MR) is 89.7 cm³/mol. The van der Waals surface area contributed by atoms with Gasteiger partial charge in [0, 0.05) is 17.0 Å². The van der Waals surface area contributed by atoms with Gasteiger partial charge in [0.2, 0.25) is 0 Å². The summed E-state index contributed by atoms with van der Waals surface area (Å²) in [5.41, 5.74) is 0.834. The SMILES string of the molecule is Cc1ncc(Cl)c(C(=O)Nc2ccc(Cl)c(CS(C)(=O)=O)c2)n1. The van der Waals surface area contributed by atoms with Crippen molar-refractivity contribution >= 4 is 44.6 Å². The summed E-state index contributed by atoms with van der Waals surface area (Å²) in [4.78, 5) is 20.1. The average Bonchev–Trinajstić information content (AvgIpc) is 2.43. The first-order chi connectivity index (χ1) is 10.7. The highest BCUT2D eigenvalue weighted by Crippen LogP contribution is 2.23. The highest BCUT2D eigenvalue weighted by molar-refractivity contribution is 7.89. The van der Waals surface area contributed by atoms with Gasteiger partial charge in [-0.2, -0.15) is 0 Å². The van der Waals surface area contributed by atoms with E-state index in [1.54, 1.807) is 13.0 Å². The smallest absolute Gasteiger partial charge is 0.275 e. The molecule has 1 heterocycles. The van der Waals surface area contributed by atoms with E-state index in [0.717, 1.165) is 6.26 Å². The summed E-state index contributed by atoms with van der Waals surface area (Å²) >= 11 is 11.9. The Morgan fingerprint density at radius 3 is 2.61 bits per heavy atom. The number of halogens is 2. The molecule has 1 amide bonds. The molecule has 1 aromatic carbocycles. The maximum absolute atomic E-state index is 12.2. The van der Waals surface area contributed by atoms with Crippen LogP contribution in [0.4, 0.5) is 5.69 Å². The molecule has 2 aromatic rings. The summed E-state index contributed by atoms with van der Waals surface area (Å²) in [5, 5.41) is 3.05. The fourth-order valence-electron chi connectivity index (χ4n) is 1.85. The van der Waals surface area contributed by atoms with Crippen LogP contribution in [0.5, 0.6) is 0 Å². The standard InChI is InChI=1S/C14H13Cl2N3O3S/c1-8-17-6-12(16)13(18-8)14(20)19-10-3-4-11(15)9(5-10)7-23(2,21)22/h3-6H,7H2,1-2H3,(H,19,20). The van der Waals surface area contributed by atoms with Crippen LogP contribution in [-0.2, 0) is 15.6 Å². The van der Waals surface area contributed by atoms with Crippen LogP contribution in [0.2, 0.25) is 10.0 Å². The maximum atomic E-state index is 12.2. The number of sulfone groups is 1. The molecular weight excluding hydrogens is 361 g/mol. The van der Waals surface area contributed by atoms with Gasteiger partial charge in [-0.25, -0.2) is 18.4 Å². The fourth-order valence-corrected chi connectivity index (χ4v) is 3.09. The number of anilines is 1. The quantitative estimate of drug-likeness (QED) is 0.889. The van der Waals surface area contributed by atoms with Crippen molar-refractivity contribution in [1.82, 2.24) is 9.97 Å². The van der Waals surface area contributed by atoms with Crippen molar-refractivity contribution in [2.24, 2.45) is 0 Å². The van der Waals surface area contributed by atoms with Crippen LogP contribution in [0.3, 0.4) is 0 Å². The van der Waals surface area contributed by atoms with Crippen molar-refractivity contribution in [2.75, 3.05) is 11.6 Å². The molecule has 0 spiro atoms. The molecule has 0 saturated carbocycles. The van der Waals surface area contributed by atoms with Gasteiger partial charge in [-0.1, -0.05) is 23.2 Å². The number of carbonyl (C=O) groups is 1. The molecule has 6 nitrogen and oxygen atoms in total. The third kappa shape index (κ3) is 4.89. The van der Waals surface area contributed by atoms with E-state index in [2.05, 4.69) is 15.3 Å². The Morgan fingerprint density at radius 2 is 1.96 bits per heavy atom.